The first kappa shape index (κ1) is 29.8. The van der Waals surface area contributed by atoms with Gasteiger partial charge < -0.3 is 9.80 Å². The summed E-state index contributed by atoms with van der Waals surface area (Å²) in [5, 5.41) is 10.9. The number of sulfone groups is 1. The van der Waals surface area contributed by atoms with Crippen molar-refractivity contribution in [2.75, 3.05) is 37.6 Å². The van der Waals surface area contributed by atoms with E-state index in [1.165, 1.54) is 62.2 Å². The topological polar surface area (TPSA) is 77.3 Å². The van der Waals surface area contributed by atoms with E-state index in [1.807, 2.05) is 12.1 Å². The highest BCUT2D eigenvalue weighted by Crippen LogP contribution is 2.53. The zero-order chi connectivity index (χ0) is 29.9. The second-order valence-corrected chi connectivity index (χ2v) is 14.9. The molecule has 3 aromatic rings. The number of nitrogens with zero attached hydrogens (tertiary/aromatic N) is 4. The van der Waals surface area contributed by atoms with Crippen LogP contribution in [0.15, 0.2) is 88.9 Å². The third kappa shape index (κ3) is 5.84. The monoisotopic (exact) mass is 596 g/mol. The highest BCUT2D eigenvalue weighted by molar-refractivity contribution is 7.91. The Morgan fingerprint density at radius 2 is 1.58 bits per heavy atom. The SMILES string of the molecule is CCC[C@@H]1CCC[C@H]1C(C#N)(c1ccccc1)C1CCN(CC2CN(c3ccc(S(=O)(=O)c4ccncc4)cc3)C2)CC1. The van der Waals surface area contributed by atoms with Crippen LogP contribution < -0.4 is 4.90 Å². The number of hydrogen-bond acceptors (Lipinski definition) is 6. The van der Waals surface area contributed by atoms with Crippen molar-refractivity contribution >= 4 is 15.5 Å². The molecule has 2 aliphatic heterocycles. The van der Waals surface area contributed by atoms with E-state index in [1.54, 1.807) is 12.1 Å². The van der Waals surface area contributed by atoms with E-state index in [2.05, 4.69) is 58.1 Å². The molecule has 6 nitrogen and oxygen atoms in total. The summed E-state index contributed by atoms with van der Waals surface area (Å²) in [6.45, 7) is 7.47. The molecule has 2 aromatic carbocycles. The number of hydrogen-bond donors (Lipinski definition) is 0. The summed E-state index contributed by atoms with van der Waals surface area (Å²) in [6, 6.07) is 24.1. The quantitative estimate of drug-likeness (QED) is 0.258. The van der Waals surface area contributed by atoms with E-state index in [4.69, 9.17) is 0 Å². The lowest BCUT2D eigenvalue weighted by Gasteiger charge is -2.48. The highest BCUT2D eigenvalue weighted by atomic mass is 32.2. The van der Waals surface area contributed by atoms with E-state index in [0.717, 1.165) is 51.3 Å². The van der Waals surface area contributed by atoms with Crippen LogP contribution >= 0.6 is 0 Å². The minimum absolute atomic E-state index is 0.267. The minimum Gasteiger partial charge on any atom is -0.371 e. The predicted octanol–water partition coefficient (Wildman–Crippen LogP) is 6.74. The van der Waals surface area contributed by atoms with Crippen molar-refractivity contribution < 1.29 is 8.42 Å². The van der Waals surface area contributed by atoms with Crippen molar-refractivity contribution in [1.29, 1.82) is 5.26 Å². The lowest BCUT2D eigenvalue weighted by Crippen LogP contribution is -2.54. The number of rotatable bonds is 10. The Hall–Kier alpha value is -3.21. The summed E-state index contributed by atoms with van der Waals surface area (Å²) in [5.74, 6) is 2.13. The van der Waals surface area contributed by atoms with Gasteiger partial charge in [0.1, 0.15) is 0 Å². The third-order valence-electron chi connectivity index (χ3n) is 10.5. The molecule has 7 heteroatoms. The van der Waals surface area contributed by atoms with E-state index in [-0.39, 0.29) is 10.3 Å². The Bertz CT molecular complexity index is 1490. The lowest BCUT2D eigenvalue weighted by molar-refractivity contribution is 0.0893. The minimum atomic E-state index is -3.53. The van der Waals surface area contributed by atoms with Gasteiger partial charge in [0.05, 0.1) is 21.3 Å². The molecule has 3 aliphatic rings. The first-order valence-corrected chi connectivity index (χ1v) is 17.6. The third-order valence-corrected chi connectivity index (χ3v) is 12.3. The maximum Gasteiger partial charge on any atom is 0.206 e. The van der Waals surface area contributed by atoms with Crippen LogP contribution in [0.5, 0.6) is 0 Å². The number of piperidine rings is 1. The van der Waals surface area contributed by atoms with Crippen molar-refractivity contribution in [3.05, 3.63) is 84.7 Å². The number of pyridine rings is 1. The van der Waals surface area contributed by atoms with Gasteiger partial charge in [-0.1, -0.05) is 62.9 Å². The molecule has 1 unspecified atom stereocenters. The van der Waals surface area contributed by atoms with Gasteiger partial charge in [0, 0.05) is 43.6 Å². The molecule has 0 amide bonds. The standard InChI is InChI=1S/C36H44N4O2S/c1-2-7-29-8-6-11-35(29)36(27-37,30-9-4-3-5-10-30)31-18-22-39(23-19-31)24-28-25-40(26-28)32-12-14-33(15-13-32)43(41,42)34-16-20-38-21-17-34/h3-5,9-10,12-17,20-21,28-29,31,35H,2,6-8,11,18-19,22-26H2,1H3/t29-,35-,36?/m1/s1. The average molecular weight is 597 g/mol. The number of aromatic nitrogens is 1. The van der Waals surface area contributed by atoms with Crippen LogP contribution in [-0.2, 0) is 15.3 Å². The van der Waals surface area contributed by atoms with Crippen LogP contribution in [0.25, 0.3) is 0 Å². The van der Waals surface area contributed by atoms with Gasteiger partial charge in [0.25, 0.3) is 0 Å². The van der Waals surface area contributed by atoms with Crippen LogP contribution in [0.1, 0.15) is 57.4 Å². The molecule has 2 saturated heterocycles. The summed E-state index contributed by atoms with van der Waals surface area (Å²) in [5.41, 5.74) is 1.94. The molecule has 0 spiro atoms. The summed E-state index contributed by atoms with van der Waals surface area (Å²) < 4.78 is 25.8. The summed E-state index contributed by atoms with van der Waals surface area (Å²) in [6.07, 6.45) is 11.3. The number of likely N-dealkylation sites (tertiary alicyclic amines) is 1. The van der Waals surface area contributed by atoms with Gasteiger partial charge in [-0.2, -0.15) is 5.26 Å². The molecule has 1 saturated carbocycles. The molecule has 6 rings (SSSR count). The van der Waals surface area contributed by atoms with Crippen molar-refractivity contribution in [1.82, 2.24) is 9.88 Å². The zero-order valence-corrected chi connectivity index (χ0v) is 26.1. The Morgan fingerprint density at radius 1 is 0.907 bits per heavy atom. The molecule has 3 atom stereocenters. The number of benzene rings is 2. The fourth-order valence-electron chi connectivity index (χ4n) is 8.38. The van der Waals surface area contributed by atoms with Crippen LogP contribution in [-0.4, -0.2) is 51.0 Å². The first-order chi connectivity index (χ1) is 21.0. The predicted molar refractivity (Wildman–Crippen MR) is 170 cm³/mol. The second kappa shape index (κ2) is 12.8. The molecule has 1 aromatic heterocycles. The van der Waals surface area contributed by atoms with E-state index < -0.39 is 9.84 Å². The van der Waals surface area contributed by atoms with Gasteiger partial charge in [0.2, 0.25) is 9.84 Å². The van der Waals surface area contributed by atoms with Gasteiger partial charge in [-0.15, -0.1) is 0 Å². The van der Waals surface area contributed by atoms with E-state index >= 15 is 0 Å². The van der Waals surface area contributed by atoms with Crippen molar-refractivity contribution in [2.24, 2.45) is 23.7 Å². The number of anilines is 1. The number of nitriles is 1. The van der Waals surface area contributed by atoms with Crippen LogP contribution in [0.2, 0.25) is 0 Å². The largest absolute Gasteiger partial charge is 0.371 e. The van der Waals surface area contributed by atoms with E-state index in [0.29, 0.717) is 28.6 Å². The zero-order valence-electron chi connectivity index (χ0n) is 25.3. The maximum atomic E-state index is 12.9. The molecular weight excluding hydrogens is 552 g/mol. The van der Waals surface area contributed by atoms with Gasteiger partial charge in [-0.05, 0) is 92.1 Å². The van der Waals surface area contributed by atoms with Gasteiger partial charge in [-0.3, -0.25) is 4.98 Å². The summed E-state index contributed by atoms with van der Waals surface area (Å²) >= 11 is 0. The first-order valence-electron chi connectivity index (χ1n) is 16.1. The highest BCUT2D eigenvalue weighted by Gasteiger charge is 2.51. The second-order valence-electron chi connectivity index (χ2n) is 13.0. The van der Waals surface area contributed by atoms with Crippen LogP contribution in [0, 0.1) is 35.0 Å². The molecule has 43 heavy (non-hydrogen) atoms. The molecular formula is C36H44N4O2S. The van der Waals surface area contributed by atoms with Gasteiger partial charge in [0.15, 0.2) is 0 Å². The fraction of sp³-hybridized carbons (Fsp3) is 0.500. The molecule has 3 fully saturated rings. The smallest absolute Gasteiger partial charge is 0.206 e. The molecule has 3 heterocycles. The Balaban J connectivity index is 1.06. The molecule has 1 aliphatic carbocycles. The van der Waals surface area contributed by atoms with Crippen LogP contribution in [0.3, 0.4) is 0 Å². The van der Waals surface area contributed by atoms with Gasteiger partial charge in [-0.25, -0.2) is 8.42 Å². The maximum absolute atomic E-state index is 12.9. The van der Waals surface area contributed by atoms with Crippen LogP contribution in [0.4, 0.5) is 5.69 Å². The lowest BCUT2D eigenvalue weighted by atomic mass is 9.58. The van der Waals surface area contributed by atoms with Crippen molar-refractivity contribution in [3.63, 3.8) is 0 Å². The normalized spacial score (nSPS) is 23.4. The van der Waals surface area contributed by atoms with Crippen molar-refractivity contribution in [2.45, 2.75) is 67.1 Å². The van der Waals surface area contributed by atoms with E-state index in [9.17, 15) is 13.7 Å². The molecule has 0 radical (unpaired) electrons. The fourth-order valence-corrected chi connectivity index (χ4v) is 9.63. The average Bonchev–Trinajstić information content (AvgIpc) is 3.50. The van der Waals surface area contributed by atoms with Crippen molar-refractivity contribution in [3.8, 4) is 6.07 Å². The molecule has 226 valence electrons. The molecule has 0 bridgehead atoms. The Labute approximate surface area is 257 Å². The Morgan fingerprint density at radius 3 is 2.23 bits per heavy atom. The molecule has 0 N–H and O–H groups in total. The van der Waals surface area contributed by atoms with Gasteiger partial charge >= 0.3 is 0 Å². The summed E-state index contributed by atoms with van der Waals surface area (Å²) in [4.78, 5) is 9.46. The Kier molecular flexibility index (Phi) is 8.88. The summed E-state index contributed by atoms with van der Waals surface area (Å²) in [7, 11) is -3.53.